The summed E-state index contributed by atoms with van der Waals surface area (Å²) >= 11 is 0. The lowest BCUT2D eigenvalue weighted by Crippen LogP contribution is -2.53. The monoisotopic (exact) mass is 242 g/mol. The fraction of sp³-hybridized carbons (Fsp3) is 0.286. The van der Waals surface area contributed by atoms with Gasteiger partial charge in [-0.3, -0.25) is 9.59 Å². The molecule has 1 saturated heterocycles. The van der Waals surface area contributed by atoms with Gasteiger partial charge in [0.25, 0.3) is 0 Å². The molecular formula is C14H14N2O2. The summed E-state index contributed by atoms with van der Waals surface area (Å²) in [5.41, 5.74) is 0.806. The molecule has 1 N–H and O–H groups in total. The van der Waals surface area contributed by atoms with Gasteiger partial charge in [-0.05, 0) is 5.56 Å². The van der Waals surface area contributed by atoms with Gasteiger partial charge < -0.3 is 10.2 Å². The number of terminal acetylenes is 1. The van der Waals surface area contributed by atoms with Crippen LogP contribution in [0, 0.1) is 12.3 Å². The minimum atomic E-state index is -0.569. The number of carbonyl (C=O) groups is 2. The Kier molecular flexibility index (Phi) is 3.63. The fourth-order valence-corrected chi connectivity index (χ4v) is 2.05. The fourth-order valence-electron chi connectivity index (χ4n) is 2.05. The van der Waals surface area contributed by atoms with E-state index >= 15 is 0 Å². The Bertz CT molecular complexity index is 490. The zero-order valence-electron chi connectivity index (χ0n) is 9.93. The topological polar surface area (TPSA) is 49.4 Å². The van der Waals surface area contributed by atoms with Crippen molar-refractivity contribution in [3.8, 4) is 12.3 Å². The van der Waals surface area contributed by atoms with Crippen LogP contribution in [0.1, 0.15) is 18.0 Å². The number of nitrogens with one attached hydrogen (secondary N) is 1. The molecule has 0 aliphatic carbocycles. The summed E-state index contributed by atoms with van der Waals surface area (Å²) in [5.74, 6) is 2.24. The number of amides is 2. The van der Waals surface area contributed by atoms with Crippen LogP contribution >= 0.6 is 0 Å². The summed E-state index contributed by atoms with van der Waals surface area (Å²) in [6, 6.07) is 8.68. The zero-order valence-corrected chi connectivity index (χ0v) is 9.93. The van der Waals surface area contributed by atoms with Crippen molar-refractivity contribution < 1.29 is 9.59 Å². The van der Waals surface area contributed by atoms with E-state index in [2.05, 4.69) is 11.2 Å². The van der Waals surface area contributed by atoms with Crippen molar-refractivity contribution in [2.24, 2.45) is 0 Å². The van der Waals surface area contributed by atoms with Crippen molar-refractivity contribution in [3.05, 3.63) is 35.9 Å². The summed E-state index contributed by atoms with van der Waals surface area (Å²) in [5, 5.41) is 2.60. The lowest BCUT2D eigenvalue weighted by atomic mass is 10.0. The van der Waals surface area contributed by atoms with Crippen molar-refractivity contribution in [3.63, 3.8) is 0 Å². The third-order valence-corrected chi connectivity index (χ3v) is 2.91. The van der Waals surface area contributed by atoms with Gasteiger partial charge in [0.05, 0.1) is 6.54 Å². The maximum absolute atomic E-state index is 12.0. The van der Waals surface area contributed by atoms with E-state index < -0.39 is 6.04 Å². The third-order valence-electron chi connectivity index (χ3n) is 2.91. The molecule has 0 radical (unpaired) electrons. The second-order valence-electron chi connectivity index (χ2n) is 4.07. The van der Waals surface area contributed by atoms with Crippen LogP contribution in [-0.2, 0) is 9.59 Å². The summed E-state index contributed by atoms with van der Waals surface area (Å²) in [7, 11) is 0. The van der Waals surface area contributed by atoms with Gasteiger partial charge in [-0.25, -0.2) is 0 Å². The molecule has 1 heterocycles. The molecule has 1 aliphatic rings. The minimum absolute atomic E-state index is 0.0484. The maximum Gasteiger partial charge on any atom is 0.247 e. The van der Waals surface area contributed by atoms with Crippen molar-refractivity contribution in [2.75, 3.05) is 13.1 Å². The van der Waals surface area contributed by atoms with Crippen LogP contribution in [0.5, 0.6) is 0 Å². The predicted molar refractivity (Wildman–Crippen MR) is 67.4 cm³/mol. The Labute approximate surface area is 106 Å². The van der Waals surface area contributed by atoms with Gasteiger partial charge in [0.15, 0.2) is 0 Å². The van der Waals surface area contributed by atoms with Crippen LogP contribution in [0.3, 0.4) is 0 Å². The van der Waals surface area contributed by atoms with Crippen LogP contribution in [0.15, 0.2) is 30.3 Å². The number of hydrogen-bond acceptors (Lipinski definition) is 2. The van der Waals surface area contributed by atoms with Crippen LogP contribution in [0.2, 0.25) is 0 Å². The Balaban J connectivity index is 2.29. The van der Waals surface area contributed by atoms with E-state index in [0.29, 0.717) is 13.0 Å². The summed E-state index contributed by atoms with van der Waals surface area (Å²) in [4.78, 5) is 25.4. The molecule has 2 rings (SSSR count). The van der Waals surface area contributed by atoms with E-state index in [1.165, 1.54) is 0 Å². The standard InChI is InChI=1S/C14H14N2O2/c1-2-3-9-16-12(17)10-15-14(18)13(16)11-7-5-4-6-8-11/h1,4-8,13H,3,9-10H2,(H,15,18). The highest BCUT2D eigenvalue weighted by Crippen LogP contribution is 2.23. The molecule has 2 amide bonds. The van der Waals surface area contributed by atoms with E-state index in [-0.39, 0.29) is 18.4 Å². The first-order valence-electron chi connectivity index (χ1n) is 5.79. The van der Waals surface area contributed by atoms with Crippen molar-refractivity contribution >= 4 is 11.8 Å². The van der Waals surface area contributed by atoms with E-state index in [9.17, 15) is 9.59 Å². The molecule has 1 aliphatic heterocycles. The van der Waals surface area contributed by atoms with Crippen LogP contribution in [0.4, 0.5) is 0 Å². The highest BCUT2D eigenvalue weighted by Gasteiger charge is 2.34. The Morgan fingerprint density at radius 2 is 2.06 bits per heavy atom. The molecule has 0 bridgehead atoms. The quantitative estimate of drug-likeness (QED) is 0.794. The SMILES string of the molecule is C#CCCN1C(=O)CNC(=O)C1c1ccccc1. The van der Waals surface area contributed by atoms with Gasteiger partial charge in [-0.15, -0.1) is 12.3 Å². The first kappa shape index (κ1) is 12.2. The molecule has 1 unspecified atom stereocenters. The maximum atomic E-state index is 12.0. The van der Waals surface area contributed by atoms with Crippen LogP contribution < -0.4 is 5.32 Å². The molecule has 4 nitrogen and oxygen atoms in total. The number of piperazine rings is 1. The molecule has 1 atom stereocenters. The van der Waals surface area contributed by atoms with Gasteiger partial charge in [0, 0.05) is 13.0 Å². The van der Waals surface area contributed by atoms with Gasteiger partial charge in [0.1, 0.15) is 6.04 Å². The molecule has 1 aromatic carbocycles. The molecule has 92 valence electrons. The Morgan fingerprint density at radius 1 is 1.33 bits per heavy atom. The molecular weight excluding hydrogens is 228 g/mol. The van der Waals surface area contributed by atoms with Crippen molar-refractivity contribution in [1.82, 2.24) is 10.2 Å². The van der Waals surface area contributed by atoms with E-state index in [0.717, 1.165) is 5.56 Å². The predicted octanol–water partition coefficient (Wildman–Crippen LogP) is 0.709. The molecule has 0 saturated carbocycles. The summed E-state index contributed by atoms with van der Waals surface area (Å²) in [6.07, 6.45) is 5.67. The molecule has 0 aromatic heterocycles. The summed E-state index contributed by atoms with van der Waals surface area (Å²) in [6.45, 7) is 0.453. The van der Waals surface area contributed by atoms with Gasteiger partial charge in [0.2, 0.25) is 11.8 Å². The van der Waals surface area contributed by atoms with Crippen LogP contribution in [0.25, 0.3) is 0 Å². The normalized spacial score (nSPS) is 19.3. The van der Waals surface area contributed by atoms with Gasteiger partial charge in [-0.2, -0.15) is 0 Å². The highest BCUT2D eigenvalue weighted by atomic mass is 16.2. The summed E-state index contributed by atoms with van der Waals surface area (Å²) < 4.78 is 0. The van der Waals surface area contributed by atoms with E-state index in [1.54, 1.807) is 4.90 Å². The highest BCUT2D eigenvalue weighted by molar-refractivity contribution is 5.95. The largest absolute Gasteiger partial charge is 0.345 e. The zero-order chi connectivity index (χ0) is 13.0. The second kappa shape index (κ2) is 5.37. The van der Waals surface area contributed by atoms with Crippen LogP contribution in [-0.4, -0.2) is 29.8 Å². The molecule has 0 spiro atoms. The smallest absolute Gasteiger partial charge is 0.247 e. The van der Waals surface area contributed by atoms with E-state index in [1.807, 2.05) is 30.3 Å². The second-order valence-corrected chi connectivity index (χ2v) is 4.07. The average Bonchev–Trinajstić information content (AvgIpc) is 2.40. The Hall–Kier alpha value is -2.28. The average molecular weight is 242 g/mol. The molecule has 1 aromatic rings. The van der Waals surface area contributed by atoms with E-state index in [4.69, 9.17) is 6.42 Å². The van der Waals surface area contributed by atoms with Crippen molar-refractivity contribution in [2.45, 2.75) is 12.5 Å². The molecule has 1 fully saturated rings. The van der Waals surface area contributed by atoms with Gasteiger partial charge >= 0.3 is 0 Å². The van der Waals surface area contributed by atoms with Crippen molar-refractivity contribution in [1.29, 1.82) is 0 Å². The third kappa shape index (κ3) is 2.35. The molecule has 4 heteroatoms. The number of benzene rings is 1. The molecule has 18 heavy (non-hydrogen) atoms. The number of hydrogen-bond donors (Lipinski definition) is 1. The lowest BCUT2D eigenvalue weighted by molar-refractivity contribution is -0.145. The minimum Gasteiger partial charge on any atom is -0.345 e. The number of carbonyl (C=O) groups excluding carboxylic acids is 2. The number of nitrogens with zero attached hydrogens (tertiary/aromatic N) is 1. The first-order chi connectivity index (χ1) is 8.74. The van der Waals surface area contributed by atoms with Gasteiger partial charge in [-0.1, -0.05) is 30.3 Å². The lowest BCUT2D eigenvalue weighted by Gasteiger charge is -2.34. The Morgan fingerprint density at radius 3 is 2.72 bits per heavy atom. The first-order valence-corrected chi connectivity index (χ1v) is 5.79. The number of rotatable bonds is 3.